The van der Waals surface area contributed by atoms with Crippen LogP contribution in [-0.4, -0.2) is 47.0 Å². The van der Waals surface area contributed by atoms with Crippen molar-refractivity contribution in [2.45, 2.75) is 17.4 Å². The van der Waals surface area contributed by atoms with Crippen LogP contribution >= 0.6 is 15.9 Å². The number of ether oxygens (including phenoxy) is 2. The summed E-state index contributed by atoms with van der Waals surface area (Å²) in [5.41, 5.74) is 0. The van der Waals surface area contributed by atoms with Gasteiger partial charge in [0.1, 0.15) is 5.75 Å². The van der Waals surface area contributed by atoms with Crippen LogP contribution in [0.25, 0.3) is 0 Å². The monoisotopic (exact) mass is 367 g/mol. The fraction of sp³-hybridized carbons (Fsp3) is 0.500. The van der Waals surface area contributed by atoms with E-state index < -0.39 is 16.1 Å². The fourth-order valence-electron chi connectivity index (χ4n) is 1.64. The third kappa shape index (κ3) is 4.71. The Morgan fingerprint density at radius 3 is 2.60 bits per heavy atom. The molecule has 0 radical (unpaired) electrons. The Morgan fingerprint density at radius 1 is 1.40 bits per heavy atom. The summed E-state index contributed by atoms with van der Waals surface area (Å²) in [6, 6.07) is 4.00. The summed E-state index contributed by atoms with van der Waals surface area (Å²) in [5.74, 6) is 0.549. The first-order valence-electron chi connectivity index (χ1n) is 5.90. The second kappa shape index (κ2) is 7.94. The minimum atomic E-state index is -3.68. The van der Waals surface area contributed by atoms with Gasteiger partial charge in [-0.05, 0) is 40.5 Å². The molecule has 2 N–H and O–H groups in total. The van der Waals surface area contributed by atoms with Crippen LogP contribution in [0.2, 0.25) is 0 Å². The number of aliphatic hydroxyl groups is 1. The normalized spacial score (nSPS) is 13.2. The van der Waals surface area contributed by atoms with Gasteiger partial charge in [-0.1, -0.05) is 0 Å². The van der Waals surface area contributed by atoms with Gasteiger partial charge in [-0.15, -0.1) is 0 Å². The third-order valence-corrected chi connectivity index (χ3v) is 4.74. The number of rotatable bonds is 8. The lowest BCUT2D eigenvalue weighted by molar-refractivity contribution is 0.158. The highest BCUT2D eigenvalue weighted by Crippen LogP contribution is 2.27. The first-order chi connectivity index (χ1) is 9.44. The van der Waals surface area contributed by atoms with Crippen molar-refractivity contribution in [3.05, 3.63) is 22.7 Å². The molecule has 0 aliphatic rings. The van der Waals surface area contributed by atoms with E-state index in [4.69, 9.17) is 14.6 Å². The molecule has 114 valence electrons. The van der Waals surface area contributed by atoms with E-state index in [0.717, 1.165) is 0 Å². The van der Waals surface area contributed by atoms with E-state index in [1.54, 1.807) is 6.07 Å². The largest absolute Gasteiger partial charge is 0.496 e. The lowest BCUT2D eigenvalue weighted by Gasteiger charge is -2.17. The van der Waals surface area contributed by atoms with Crippen LogP contribution in [0.15, 0.2) is 27.6 Å². The van der Waals surface area contributed by atoms with Crippen molar-refractivity contribution < 1.29 is 23.0 Å². The van der Waals surface area contributed by atoms with Gasteiger partial charge >= 0.3 is 0 Å². The van der Waals surface area contributed by atoms with Gasteiger partial charge in [-0.3, -0.25) is 0 Å². The van der Waals surface area contributed by atoms with Crippen LogP contribution in [0.1, 0.15) is 6.42 Å². The molecule has 0 fully saturated rings. The predicted molar refractivity (Wildman–Crippen MR) is 78.4 cm³/mol. The van der Waals surface area contributed by atoms with E-state index in [0.29, 0.717) is 10.2 Å². The summed E-state index contributed by atoms with van der Waals surface area (Å²) in [4.78, 5) is 0.115. The van der Waals surface area contributed by atoms with E-state index in [9.17, 15) is 8.42 Å². The quantitative estimate of drug-likeness (QED) is 0.719. The molecule has 20 heavy (non-hydrogen) atoms. The van der Waals surface area contributed by atoms with Gasteiger partial charge < -0.3 is 14.6 Å². The van der Waals surface area contributed by atoms with Crippen molar-refractivity contribution >= 4 is 26.0 Å². The van der Waals surface area contributed by atoms with Gasteiger partial charge in [0.25, 0.3) is 0 Å². The predicted octanol–water partition coefficient (Wildman–Crippen LogP) is 1.13. The zero-order valence-corrected chi connectivity index (χ0v) is 13.7. The Labute approximate surface area is 127 Å². The number of nitrogens with one attached hydrogen (secondary N) is 1. The van der Waals surface area contributed by atoms with Gasteiger partial charge in [-0.25, -0.2) is 13.1 Å². The second-order valence-electron chi connectivity index (χ2n) is 4.08. The average molecular weight is 368 g/mol. The minimum Gasteiger partial charge on any atom is -0.496 e. The van der Waals surface area contributed by atoms with Gasteiger partial charge in [-0.2, -0.15) is 0 Å². The van der Waals surface area contributed by atoms with Crippen molar-refractivity contribution in [3.63, 3.8) is 0 Å². The van der Waals surface area contributed by atoms with E-state index in [1.807, 2.05) is 0 Å². The minimum absolute atomic E-state index is 0.115. The summed E-state index contributed by atoms with van der Waals surface area (Å²) in [6.45, 7) is 0.0694. The zero-order valence-electron chi connectivity index (χ0n) is 11.3. The van der Waals surface area contributed by atoms with Crippen LogP contribution < -0.4 is 9.46 Å². The maximum Gasteiger partial charge on any atom is 0.240 e. The highest BCUT2D eigenvalue weighted by Gasteiger charge is 2.20. The summed E-state index contributed by atoms with van der Waals surface area (Å²) in [5, 5.41) is 8.93. The second-order valence-corrected chi connectivity index (χ2v) is 6.65. The van der Waals surface area contributed by atoms with Gasteiger partial charge in [0.05, 0.1) is 23.1 Å². The molecule has 6 nitrogen and oxygen atoms in total. The van der Waals surface area contributed by atoms with Gasteiger partial charge in [0, 0.05) is 19.8 Å². The Kier molecular flexibility index (Phi) is 6.90. The average Bonchev–Trinajstić information content (AvgIpc) is 2.38. The Hall–Kier alpha value is -0.670. The van der Waals surface area contributed by atoms with Crippen molar-refractivity contribution in [2.24, 2.45) is 0 Å². The van der Waals surface area contributed by atoms with Crippen molar-refractivity contribution in [2.75, 3.05) is 27.4 Å². The summed E-state index contributed by atoms with van der Waals surface area (Å²) < 4.78 is 37.5. The smallest absolute Gasteiger partial charge is 0.240 e. The first-order valence-corrected chi connectivity index (χ1v) is 8.18. The summed E-state index contributed by atoms with van der Waals surface area (Å²) >= 11 is 3.25. The molecule has 1 aromatic rings. The molecule has 0 heterocycles. The van der Waals surface area contributed by atoms with Gasteiger partial charge in [0.15, 0.2) is 0 Å². The number of hydrogen-bond acceptors (Lipinski definition) is 5. The Balaban J connectivity index is 2.94. The number of benzene rings is 1. The first kappa shape index (κ1) is 17.4. The molecular weight excluding hydrogens is 350 g/mol. The maximum atomic E-state index is 12.2. The standard InChI is InChI=1S/C12H18BrNO5S/c1-18-8-9(5-6-15)14-20(16,17)10-3-4-12(19-2)11(13)7-10/h3-4,7,9,14-15H,5-6,8H2,1-2H3. The Bertz CT molecular complexity index is 529. The Morgan fingerprint density at radius 2 is 2.10 bits per heavy atom. The van der Waals surface area contributed by atoms with Crippen molar-refractivity contribution in [1.82, 2.24) is 4.72 Å². The van der Waals surface area contributed by atoms with Gasteiger partial charge in [0.2, 0.25) is 10.0 Å². The number of halogens is 1. The molecule has 8 heteroatoms. The molecule has 0 saturated heterocycles. The topological polar surface area (TPSA) is 84.9 Å². The molecule has 0 spiro atoms. The van der Waals surface area contributed by atoms with E-state index >= 15 is 0 Å². The SMILES string of the molecule is COCC(CCO)NS(=O)(=O)c1ccc(OC)c(Br)c1. The third-order valence-electron chi connectivity index (χ3n) is 2.60. The van der Waals surface area contributed by atoms with Crippen LogP contribution in [0.4, 0.5) is 0 Å². The lowest BCUT2D eigenvalue weighted by atomic mass is 10.2. The molecule has 1 aromatic carbocycles. The number of methoxy groups -OCH3 is 2. The van der Waals surface area contributed by atoms with Crippen molar-refractivity contribution in [3.8, 4) is 5.75 Å². The molecule has 0 saturated carbocycles. The highest BCUT2D eigenvalue weighted by molar-refractivity contribution is 9.10. The molecule has 0 aliphatic carbocycles. The van der Waals surface area contributed by atoms with Crippen LogP contribution in [0, 0.1) is 0 Å². The molecule has 0 aromatic heterocycles. The number of hydrogen-bond donors (Lipinski definition) is 2. The van der Waals surface area contributed by atoms with Crippen LogP contribution in [0.5, 0.6) is 5.75 Å². The van der Waals surface area contributed by atoms with E-state index in [-0.39, 0.29) is 24.5 Å². The zero-order chi connectivity index (χ0) is 15.2. The number of aliphatic hydroxyl groups excluding tert-OH is 1. The molecule has 1 atom stereocenters. The molecule has 0 aliphatic heterocycles. The van der Waals surface area contributed by atoms with Crippen LogP contribution in [-0.2, 0) is 14.8 Å². The molecule has 1 unspecified atom stereocenters. The molecule has 1 rings (SSSR count). The molecule has 0 bridgehead atoms. The van der Waals surface area contributed by atoms with Crippen LogP contribution in [0.3, 0.4) is 0 Å². The van der Waals surface area contributed by atoms with E-state index in [1.165, 1.54) is 26.4 Å². The number of sulfonamides is 1. The maximum absolute atomic E-state index is 12.2. The molecular formula is C12H18BrNO5S. The van der Waals surface area contributed by atoms with Crippen molar-refractivity contribution in [1.29, 1.82) is 0 Å². The summed E-state index contributed by atoms with van der Waals surface area (Å²) in [7, 11) is -0.701. The van der Waals surface area contributed by atoms with E-state index in [2.05, 4.69) is 20.7 Å². The molecule has 0 amide bonds. The lowest BCUT2D eigenvalue weighted by Crippen LogP contribution is -2.38. The highest BCUT2D eigenvalue weighted by atomic mass is 79.9. The summed E-state index contributed by atoms with van der Waals surface area (Å²) in [6.07, 6.45) is 0.282. The fourth-order valence-corrected chi connectivity index (χ4v) is 3.61.